The lowest BCUT2D eigenvalue weighted by Crippen LogP contribution is -2.09. The van der Waals surface area contributed by atoms with E-state index in [0.29, 0.717) is 16.7 Å². The third-order valence-corrected chi connectivity index (χ3v) is 3.17. The van der Waals surface area contributed by atoms with Crippen molar-refractivity contribution >= 4 is 17.4 Å². The lowest BCUT2D eigenvalue weighted by molar-refractivity contribution is 0.232. The SMILES string of the molecule is Cc1cc(C)nc(Sc2ccc(N)c(OC(C)C)n2)n1. The van der Waals surface area contributed by atoms with E-state index in [-0.39, 0.29) is 6.10 Å². The molecule has 0 aliphatic heterocycles. The molecule has 2 rings (SSSR count). The Balaban J connectivity index is 2.25. The van der Waals surface area contributed by atoms with Crippen molar-refractivity contribution in [1.29, 1.82) is 0 Å². The summed E-state index contributed by atoms with van der Waals surface area (Å²) in [5.74, 6) is 0.453. The first-order chi connectivity index (χ1) is 9.44. The molecular formula is C14H18N4OS. The van der Waals surface area contributed by atoms with Gasteiger partial charge in [-0.05, 0) is 57.7 Å². The molecular weight excluding hydrogens is 272 g/mol. The molecule has 0 radical (unpaired) electrons. The number of nitrogen functional groups attached to an aromatic ring is 1. The highest BCUT2D eigenvalue weighted by Gasteiger charge is 2.09. The molecule has 0 saturated heterocycles. The van der Waals surface area contributed by atoms with Crippen LogP contribution in [0.15, 0.2) is 28.4 Å². The van der Waals surface area contributed by atoms with Crippen LogP contribution < -0.4 is 10.5 Å². The molecule has 2 aromatic heterocycles. The van der Waals surface area contributed by atoms with Gasteiger partial charge in [-0.2, -0.15) is 0 Å². The second kappa shape index (κ2) is 6.09. The van der Waals surface area contributed by atoms with Gasteiger partial charge in [-0.3, -0.25) is 0 Å². The van der Waals surface area contributed by atoms with E-state index in [2.05, 4.69) is 15.0 Å². The molecule has 20 heavy (non-hydrogen) atoms. The summed E-state index contributed by atoms with van der Waals surface area (Å²) in [6.07, 6.45) is 0.0301. The van der Waals surface area contributed by atoms with Crippen molar-refractivity contribution in [2.75, 3.05) is 5.73 Å². The number of nitrogens with zero attached hydrogens (tertiary/aromatic N) is 3. The number of rotatable bonds is 4. The zero-order valence-electron chi connectivity index (χ0n) is 12.0. The lowest BCUT2D eigenvalue weighted by Gasteiger charge is -2.11. The van der Waals surface area contributed by atoms with Crippen molar-refractivity contribution in [3.05, 3.63) is 29.6 Å². The predicted octanol–water partition coefficient (Wildman–Crippen LogP) is 3.01. The maximum Gasteiger partial charge on any atom is 0.238 e. The third kappa shape index (κ3) is 3.84. The molecule has 0 spiro atoms. The van der Waals surface area contributed by atoms with Crippen LogP contribution in [0.4, 0.5) is 5.69 Å². The van der Waals surface area contributed by atoms with E-state index >= 15 is 0 Å². The molecule has 0 fully saturated rings. The third-order valence-electron chi connectivity index (χ3n) is 2.37. The summed E-state index contributed by atoms with van der Waals surface area (Å²) in [6, 6.07) is 5.57. The van der Waals surface area contributed by atoms with Gasteiger partial charge in [-0.25, -0.2) is 15.0 Å². The second-order valence-electron chi connectivity index (χ2n) is 4.75. The smallest absolute Gasteiger partial charge is 0.238 e. The van der Waals surface area contributed by atoms with Crippen LogP contribution in [-0.4, -0.2) is 21.1 Å². The van der Waals surface area contributed by atoms with Crippen molar-refractivity contribution in [3.8, 4) is 5.88 Å². The van der Waals surface area contributed by atoms with Gasteiger partial charge in [0.2, 0.25) is 5.88 Å². The average molecular weight is 290 g/mol. The summed E-state index contributed by atoms with van der Waals surface area (Å²) in [4.78, 5) is 13.2. The van der Waals surface area contributed by atoms with Crippen LogP contribution >= 0.6 is 11.8 Å². The van der Waals surface area contributed by atoms with Crippen molar-refractivity contribution in [2.24, 2.45) is 0 Å². The van der Waals surface area contributed by atoms with E-state index in [1.807, 2.05) is 39.8 Å². The van der Waals surface area contributed by atoms with E-state index in [1.54, 1.807) is 6.07 Å². The Labute approximate surface area is 123 Å². The largest absolute Gasteiger partial charge is 0.473 e. The zero-order valence-corrected chi connectivity index (χ0v) is 12.9. The number of hydrogen-bond donors (Lipinski definition) is 1. The number of pyridine rings is 1. The fourth-order valence-electron chi connectivity index (χ4n) is 1.64. The van der Waals surface area contributed by atoms with Crippen molar-refractivity contribution in [2.45, 2.75) is 44.0 Å². The summed E-state index contributed by atoms with van der Waals surface area (Å²) in [5.41, 5.74) is 8.26. The molecule has 0 unspecified atom stereocenters. The average Bonchev–Trinajstić information content (AvgIpc) is 2.31. The van der Waals surface area contributed by atoms with E-state index < -0.39 is 0 Å². The first-order valence-corrected chi connectivity index (χ1v) is 7.19. The standard InChI is InChI=1S/C14H18N4OS/c1-8(2)19-13-11(15)5-6-12(18-13)20-14-16-9(3)7-10(4)17-14/h5-8H,15H2,1-4H3. The molecule has 0 amide bonds. The highest BCUT2D eigenvalue weighted by Crippen LogP contribution is 2.28. The van der Waals surface area contributed by atoms with Crippen molar-refractivity contribution < 1.29 is 4.74 Å². The monoisotopic (exact) mass is 290 g/mol. The molecule has 0 saturated carbocycles. The lowest BCUT2D eigenvalue weighted by atomic mass is 10.4. The fourth-order valence-corrected chi connectivity index (χ4v) is 2.47. The summed E-state index contributed by atoms with van der Waals surface area (Å²) in [6.45, 7) is 7.77. The van der Waals surface area contributed by atoms with Gasteiger partial charge >= 0.3 is 0 Å². The topological polar surface area (TPSA) is 73.9 Å². The fraction of sp³-hybridized carbons (Fsp3) is 0.357. The van der Waals surface area contributed by atoms with Gasteiger partial charge in [0.25, 0.3) is 0 Å². The van der Waals surface area contributed by atoms with Crippen molar-refractivity contribution in [3.63, 3.8) is 0 Å². The van der Waals surface area contributed by atoms with Crippen LogP contribution in [0.2, 0.25) is 0 Å². The van der Waals surface area contributed by atoms with Gasteiger partial charge in [-0.1, -0.05) is 0 Å². The van der Waals surface area contributed by atoms with Crippen molar-refractivity contribution in [1.82, 2.24) is 15.0 Å². The van der Waals surface area contributed by atoms with Gasteiger partial charge in [-0.15, -0.1) is 0 Å². The van der Waals surface area contributed by atoms with E-state index in [9.17, 15) is 0 Å². The highest BCUT2D eigenvalue weighted by atomic mass is 32.2. The first kappa shape index (κ1) is 14.6. The van der Waals surface area contributed by atoms with Gasteiger partial charge < -0.3 is 10.5 Å². The minimum Gasteiger partial charge on any atom is -0.473 e. The minimum absolute atomic E-state index is 0.0301. The number of aryl methyl sites for hydroxylation is 2. The zero-order chi connectivity index (χ0) is 14.7. The van der Waals surface area contributed by atoms with Crippen LogP contribution in [0, 0.1) is 13.8 Å². The number of ether oxygens (including phenoxy) is 1. The molecule has 0 aromatic carbocycles. The molecule has 2 aromatic rings. The Hall–Kier alpha value is -1.82. The number of aromatic nitrogens is 3. The van der Waals surface area contributed by atoms with E-state index in [1.165, 1.54) is 11.8 Å². The summed E-state index contributed by atoms with van der Waals surface area (Å²) < 4.78 is 5.58. The Bertz CT molecular complexity index is 596. The summed E-state index contributed by atoms with van der Waals surface area (Å²) in [7, 11) is 0. The van der Waals surface area contributed by atoms with Gasteiger partial charge in [0, 0.05) is 11.4 Å². The van der Waals surface area contributed by atoms with Crippen LogP contribution in [0.25, 0.3) is 0 Å². The van der Waals surface area contributed by atoms with Crippen LogP contribution in [-0.2, 0) is 0 Å². The Kier molecular flexibility index (Phi) is 4.44. The molecule has 106 valence electrons. The molecule has 0 aliphatic rings. The van der Waals surface area contributed by atoms with Gasteiger partial charge in [0.15, 0.2) is 5.16 Å². The Morgan fingerprint density at radius 3 is 2.35 bits per heavy atom. The predicted molar refractivity (Wildman–Crippen MR) is 80.0 cm³/mol. The van der Waals surface area contributed by atoms with Crippen LogP contribution in [0.5, 0.6) is 5.88 Å². The molecule has 2 heterocycles. The molecule has 5 nitrogen and oxygen atoms in total. The van der Waals surface area contributed by atoms with E-state index in [0.717, 1.165) is 16.4 Å². The molecule has 0 aliphatic carbocycles. The quantitative estimate of drug-likeness (QED) is 0.872. The molecule has 0 atom stereocenters. The molecule has 0 bridgehead atoms. The number of anilines is 1. The van der Waals surface area contributed by atoms with E-state index in [4.69, 9.17) is 10.5 Å². The number of hydrogen-bond acceptors (Lipinski definition) is 6. The molecule has 6 heteroatoms. The Morgan fingerprint density at radius 1 is 1.10 bits per heavy atom. The van der Waals surface area contributed by atoms with Crippen LogP contribution in [0.3, 0.4) is 0 Å². The van der Waals surface area contributed by atoms with Crippen LogP contribution in [0.1, 0.15) is 25.2 Å². The minimum atomic E-state index is 0.0301. The van der Waals surface area contributed by atoms with Gasteiger partial charge in [0.1, 0.15) is 5.03 Å². The maximum absolute atomic E-state index is 5.85. The highest BCUT2D eigenvalue weighted by molar-refractivity contribution is 7.99. The first-order valence-electron chi connectivity index (χ1n) is 6.37. The summed E-state index contributed by atoms with van der Waals surface area (Å²) in [5, 5.41) is 1.44. The number of nitrogens with two attached hydrogens (primary N) is 1. The Morgan fingerprint density at radius 2 is 1.75 bits per heavy atom. The normalized spacial score (nSPS) is 10.8. The maximum atomic E-state index is 5.85. The molecule has 2 N–H and O–H groups in total. The summed E-state index contributed by atoms with van der Waals surface area (Å²) >= 11 is 1.40. The van der Waals surface area contributed by atoms with Gasteiger partial charge in [0.05, 0.1) is 11.8 Å². The second-order valence-corrected chi connectivity index (χ2v) is 5.73.